The first-order valence-electron chi connectivity index (χ1n) is 6.37. The van der Waals surface area contributed by atoms with Crippen molar-refractivity contribution in [2.75, 3.05) is 23.9 Å². The molecule has 0 spiro atoms. The van der Waals surface area contributed by atoms with Gasteiger partial charge in [-0.3, -0.25) is 4.79 Å². The average Bonchev–Trinajstić information content (AvgIpc) is 2.43. The number of unbranched alkanes of at least 4 members (excludes halogenated alkanes) is 1. The van der Waals surface area contributed by atoms with E-state index in [4.69, 9.17) is 9.84 Å². The van der Waals surface area contributed by atoms with Crippen molar-refractivity contribution in [1.29, 1.82) is 0 Å². The van der Waals surface area contributed by atoms with Crippen LogP contribution in [0.4, 0.5) is 5.69 Å². The van der Waals surface area contributed by atoms with Gasteiger partial charge in [-0.1, -0.05) is 13.3 Å². The molecule has 0 saturated carbocycles. The van der Waals surface area contributed by atoms with E-state index in [2.05, 4.69) is 12.2 Å². The van der Waals surface area contributed by atoms with Gasteiger partial charge in [-0.2, -0.15) is 11.8 Å². The fourth-order valence-electron chi connectivity index (χ4n) is 1.53. The number of amides is 1. The van der Waals surface area contributed by atoms with Crippen molar-refractivity contribution in [2.24, 2.45) is 0 Å². The highest BCUT2D eigenvalue weighted by molar-refractivity contribution is 7.99. The maximum absolute atomic E-state index is 11.7. The summed E-state index contributed by atoms with van der Waals surface area (Å²) in [6.45, 7) is 2.09. The van der Waals surface area contributed by atoms with Gasteiger partial charge in [-0.25, -0.2) is 4.79 Å². The van der Waals surface area contributed by atoms with E-state index < -0.39 is 5.97 Å². The molecule has 2 N–H and O–H groups in total. The Morgan fingerprint density at radius 3 is 2.75 bits per heavy atom. The van der Waals surface area contributed by atoms with Crippen LogP contribution in [0, 0.1) is 0 Å². The molecule has 0 bridgehead atoms. The molecule has 6 heteroatoms. The summed E-state index contributed by atoms with van der Waals surface area (Å²) in [6.07, 6.45) is 2.16. The van der Waals surface area contributed by atoms with Crippen molar-refractivity contribution < 1.29 is 19.4 Å². The second-order valence-corrected chi connectivity index (χ2v) is 5.28. The zero-order valence-corrected chi connectivity index (χ0v) is 12.5. The van der Waals surface area contributed by atoms with E-state index in [0.717, 1.165) is 18.6 Å². The summed E-state index contributed by atoms with van der Waals surface area (Å²) in [5, 5.41) is 11.8. The Bertz CT molecular complexity index is 476. The van der Waals surface area contributed by atoms with Gasteiger partial charge in [0.15, 0.2) is 0 Å². The highest BCUT2D eigenvalue weighted by Crippen LogP contribution is 2.22. The average molecular weight is 297 g/mol. The molecule has 1 rings (SSSR count). The van der Waals surface area contributed by atoms with Crippen molar-refractivity contribution in [2.45, 2.75) is 19.8 Å². The lowest BCUT2D eigenvalue weighted by Crippen LogP contribution is -2.17. The van der Waals surface area contributed by atoms with Gasteiger partial charge < -0.3 is 15.2 Å². The van der Waals surface area contributed by atoms with Gasteiger partial charge in [0.1, 0.15) is 5.75 Å². The number of hydrogen-bond donors (Lipinski definition) is 2. The second kappa shape index (κ2) is 8.47. The number of carboxylic acids is 1. The Balaban J connectivity index is 2.66. The zero-order chi connectivity index (χ0) is 15.0. The molecule has 110 valence electrons. The number of aromatic carboxylic acids is 1. The van der Waals surface area contributed by atoms with Crippen LogP contribution in [0.25, 0.3) is 0 Å². The van der Waals surface area contributed by atoms with Gasteiger partial charge in [0.25, 0.3) is 0 Å². The molecule has 0 radical (unpaired) electrons. The van der Waals surface area contributed by atoms with Gasteiger partial charge >= 0.3 is 5.97 Å². The van der Waals surface area contributed by atoms with Gasteiger partial charge in [0.2, 0.25) is 5.91 Å². The summed E-state index contributed by atoms with van der Waals surface area (Å²) in [4.78, 5) is 22.9. The lowest BCUT2D eigenvalue weighted by Gasteiger charge is -2.10. The molecule has 0 fully saturated rings. The van der Waals surface area contributed by atoms with Crippen molar-refractivity contribution in [1.82, 2.24) is 0 Å². The quantitative estimate of drug-likeness (QED) is 0.722. The van der Waals surface area contributed by atoms with Crippen LogP contribution in [0.15, 0.2) is 18.2 Å². The van der Waals surface area contributed by atoms with Crippen LogP contribution >= 0.6 is 11.8 Å². The minimum atomic E-state index is -1.10. The molecule has 0 atom stereocenters. The van der Waals surface area contributed by atoms with E-state index in [1.807, 2.05) is 0 Å². The minimum Gasteiger partial charge on any atom is -0.497 e. The number of carbonyl (C=O) groups is 2. The summed E-state index contributed by atoms with van der Waals surface area (Å²) in [6, 6.07) is 4.55. The molecule has 20 heavy (non-hydrogen) atoms. The first-order valence-corrected chi connectivity index (χ1v) is 7.52. The number of anilines is 1. The SMILES string of the molecule is CCCCSCC(=O)Nc1ccc(OC)cc1C(=O)O. The van der Waals surface area contributed by atoms with Crippen LogP contribution < -0.4 is 10.1 Å². The largest absolute Gasteiger partial charge is 0.497 e. The third-order valence-electron chi connectivity index (χ3n) is 2.61. The first-order chi connectivity index (χ1) is 9.58. The third-order valence-corrected chi connectivity index (χ3v) is 3.65. The molecule has 0 unspecified atom stereocenters. The van der Waals surface area contributed by atoms with Crippen LogP contribution in [0.5, 0.6) is 5.75 Å². The van der Waals surface area contributed by atoms with E-state index in [0.29, 0.717) is 17.2 Å². The Labute approximate surface area is 122 Å². The highest BCUT2D eigenvalue weighted by Gasteiger charge is 2.13. The van der Waals surface area contributed by atoms with E-state index in [-0.39, 0.29) is 11.5 Å². The zero-order valence-electron chi connectivity index (χ0n) is 11.6. The molecule has 0 saturated heterocycles. The Hall–Kier alpha value is -1.69. The predicted molar refractivity (Wildman–Crippen MR) is 80.8 cm³/mol. The summed E-state index contributed by atoms with van der Waals surface area (Å²) in [5.41, 5.74) is 0.315. The Kier molecular flexibility index (Phi) is 6.93. The Morgan fingerprint density at radius 1 is 1.40 bits per heavy atom. The number of rotatable bonds is 8. The van der Waals surface area contributed by atoms with Crippen LogP contribution in [-0.2, 0) is 4.79 Å². The molecule has 1 aromatic rings. The van der Waals surface area contributed by atoms with Crippen LogP contribution in [0.2, 0.25) is 0 Å². The number of methoxy groups -OCH3 is 1. The third kappa shape index (κ3) is 5.13. The van der Waals surface area contributed by atoms with Crippen molar-refractivity contribution in [3.05, 3.63) is 23.8 Å². The minimum absolute atomic E-state index is 0.0243. The monoisotopic (exact) mass is 297 g/mol. The lowest BCUT2D eigenvalue weighted by atomic mass is 10.1. The van der Waals surface area contributed by atoms with Crippen molar-refractivity contribution >= 4 is 29.3 Å². The number of ether oxygens (including phenoxy) is 1. The number of benzene rings is 1. The number of hydrogen-bond acceptors (Lipinski definition) is 4. The summed E-state index contributed by atoms with van der Waals surface area (Å²) < 4.78 is 4.98. The predicted octanol–water partition coefficient (Wildman–Crippen LogP) is 2.87. The standard InChI is InChI=1S/C14H19NO4S/c1-3-4-7-20-9-13(16)15-12-6-5-10(19-2)8-11(12)14(17)18/h5-6,8H,3-4,7,9H2,1-2H3,(H,15,16)(H,17,18). The molecular weight excluding hydrogens is 278 g/mol. The molecular formula is C14H19NO4S. The lowest BCUT2D eigenvalue weighted by molar-refractivity contribution is -0.113. The first kappa shape index (κ1) is 16.4. The fraction of sp³-hybridized carbons (Fsp3) is 0.429. The maximum atomic E-state index is 11.7. The molecule has 0 heterocycles. The van der Waals surface area contributed by atoms with Gasteiger partial charge in [-0.15, -0.1) is 0 Å². The number of nitrogens with one attached hydrogen (secondary N) is 1. The molecule has 0 aliphatic rings. The van der Waals surface area contributed by atoms with E-state index >= 15 is 0 Å². The van der Waals surface area contributed by atoms with Crippen LogP contribution in [0.3, 0.4) is 0 Å². The van der Waals surface area contributed by atoms with Crippen molar-refractivity contribution in [3.8, 4) is 5.75 Å². The molecule has 0 aliphatic heterocycles. The molecule has 1 aromatic carbocycles. The van der Waals surface area contributed by atoms with Gasteiger partial charge in [-0.05, 0) is 30.4 Å². The fourth-order valence-corrected chi connectivity index (χ4v) is 2.43. The van der Waals surface area contributed by atoms with Crippen molar-refractivity contribution in [3.63, 3.8) is 0 Å². The smallest absolute Gasteiger partial charge is 0.337 e. The van der Waals surface area contributed by atoms with E-state index in [1.54, 1.807) is 17.8 Å². The summed E-state index contributed by atoms with van der Waals surface area (Å²) >= 11 is 1.54. The van der Waals surface area contributed by atoms with E-state index in [9.17, 15) is 9.59 Å². The van der Waals surface area contributed by atoms with Gasteiger partial charge in [0, 0.05) is 0 Å². The molecule has 0 aromatic heterocycles. The van der Waals surface area contributed by atoms with Gasteiger partial charge in [0.05, 0.1) is 24.1 Å². The molecule has 5 nitrogen and oxygen atoms in total. The maximum Gasteiger partial charge on any atom is 0.337 e. The normalized spacial score (nSPS) is 10.1. The Morgan fingerprint density at radius 2 is 2.15 bits per heavy atom. The highest BCUT2D eigenvalue weighted by atomic mass is 32.2. The number of thioether (sulfide) groups is 1. The van der Waals surface area contributed by atoms with Crippen LogP contribution in [0.1, 0.15) is 30.1 Å². The van der Waals surface area contributed by atoms with E-state index in [1.165, 1.54) is 19.2 Å². The summed E-state index contributed by atoms with van der Waals surface area (Å²) in [7, 11) is 1.46. The topological polar surface area (TPSA) is 75.6 Å². The number of carboxylic acid groups (broad SMARTS) is 1. The second-order valence-electron chi connectivity index (χ2n) is 4.17. The summed E-state index contributed by atoms with van der Waals surface area (Å²) in [5.74, 6) is 0.401. The molecule has 0 aliphatic carbocycles. The van der Waals surface area contributed by atoms with Crippen LogP contribution in [-0.4, -0.2) is 35.6 Å². The number of carbonyl (C=O) groups excluding carboxylic acids is 1. The molecule has 1 amide bonds.